The van der Waals surface area contributed by atoms with Gasteiger partial charge >= 0.3 is 0 Å². The molecule has 0 aromatic heterocycles. The van der Waals surface area contributed by atoms with E-state index in [1.165, 1.54) is 23.5 Å². The van der Waals surface area contributed by atoms with Crippen LogP contribution in [0.1, 0.15) is 65.7 Å². The number of nitrogens with two attached hydrogens (primary N) is 2. The summed E-state index contributed by atoms with van der Waals surface area (Å²) in [6, 6.07) is -13.2. The van der Waals surface area contributed by atoms with Gasteiger partial charge in [0.25, 0.3) is 23.6 Å². The standard InChI is InChI=1S/C50H77N13O19S2/c1-50(2,3)84-26-34(49(82)60-33(25-67)48(81)59-31(23-65)46(79)55-27(7-5-6-16-51)42(75)35(68)13-18-62-38(71)8-9-39(62)72)61-43(76)28(15-20-83-4)56-44(77)29(21-52)57-47(80)32(24-66)58-45(78)30(22-64)54-37(70)12-17-53-36(69)14-19-63-40(73)10-11-41(63)74/h8-11,27-34,64-67H,5-7,12-26,51-52H2,1-4H3,(H,53,69)(H,54,70)(H,55,79)(H,56,77)(H,57,80)(H,58,78)(H,59,81)(H,60,82)(H,61,76)/t27-,28-,29-,30-,31-,32-,33-,34-/m0/s1. The molecule has 32 nitrogen and oxygen atoms in total. The van der Waals surface area contributed by atoms with E-state index < -0.39 is 194 Å². The average molecular weight is 1230 g/mol. The molecule has 0 unspecified atom stereocenters. The largest absolute Gasteiger partial charge is 0.394 e. The van der Waals surface area contributed by atoms with Crippen LogP contribution in [0.5, 0.6) is 0 Å². The molecule has 17 N–H and O–H groups in total. The smallest absolute Gasteiger partial charge is 0.253 e. The third-order valence-corrected chi connectivity index (χ3v) is 14.2. The van der Waals surface area contributed by atoms with Crippen LogP contribution in [-0.4, -0.2) is 249 Å². The summed E-state index contributed by atoms with van der Waals surface area (Å²) >= 11 is 2.46. The Morgan fingerprint density at radius 3 is 1.33 bits per heavy atom. The molecule has 2 aliphatic heterocycles. The summed E-state index contributed by atoms with van der Waals surface area (Å²) in [4.78, 5) is 195. The molecule has 0 aliphatic carbocycles. The van der Waals surface area contributed by atoms with Crippen molar-refractivity contribution in [2.24, 2.45) is 11.5 Å². The van der Waals surface area contributed by atoms with Crippen molar-refractivity contribution in [3.63, 3.8) is 0 Å². The number of aliphatic hydroxyl groups excluding tert-OH is 4. The normalized spacial score (nSPS) is 15.8. The first-order chi connectivity index (χ1) is 39.7. The van der Waals surface area contributed by atoms with E-state index in [9.17, 15) is 92.3 Å². The Bertz CT molecular complexity index is 2440. The number of unbranched alkanes of at least 4 members (excludes halogenated alkanes) is 1. The van der Waals surface area contributed by atoms with Crippen LogP contribution in [0.3, 0.4) is 0 Å². The third-order valence-electron chi connectivity index (χ3n) is 12.2. The molecule has 0 spiro atoms. The summed E-state index contributed by atoms with van der Waals surface area (Å²) in [6.45, 7) is -0.125. The summed E-state index contributed by atoms with van der Waals surface area (Å²) in [6.07, 6.45) is 5.00. The maximum absolute atomic E-state index is 14.0. The molecule has 0 aromatic rings. The lowest BCUT2D eigenvalue weighted by molar-refractivity contribution is -0.141. The number of ketones is 2. The van der Waals surface area contributed by atoms with Crippen LogP contribution in [0.4, 0.5) is 0 Å². The Labute approximate surface area is 491 Å². The van der Waals surface area contributed by atoms with Gasteiger partial charge in [0, 0.05) is 80.2 Å². The van der Waals surface area contributed by atoms with Gasteiger partial charge in [-0.1, -0.05) is 20.8 Å². The third kappa shape index (κ3) is 24.9. The van der Waals surface area contributed by atoms with Crippen LogP contribution in [0.25, 0.3) is 0 Å². The predicted octanol–water partition coefficient (Wildman–Crippen LogP) is -8.52. The second kappa shape index (κ2) is 37.2. The van der Waals surface area contributed by atoms with Gasteiger partial charge in [0.1, 0.15) is 42.3 Å². The number of rotatable bonds is 40. The number of carbonyl (C=O) groups excluding carboxylic acids is 15. The fraction of sp³-hybridized carbons (Fsp3) is 0.620. The first kappa shape index (κ1) is 72.9. The molecule has 84 heavy (non-hydrogen) atoms. The number of hydrogen-bond donors (Lipinski definition) is 15. The lowest BCUT2D eigenvalue weighted by Gasteiger charge is -2.28. The molecule has 0 saturated carbocycles. The van der Waals surface area contributed by atoms with Crippen LogP contribution in [0, 0.1) is 0 Å². The molecule has 34 heteroatoms. The highest BCUT2D eigenvalue weighted by molar-refractivity contribution is 8.00. The van der Waals surface area contributed by atoms with Crippen LogP contribution < -0.4 is 59.3 Å². The number of nitrogens with one attached hydrogen (secondary N) is 9. The van der Waals surface area contributed by atoms with Gasteiger partial charge in [0.15, 0.2) is 0 Å². The fourth-order valence-corrected chi connectivity index (χ4v) is 8.79. The van der Waals surface area contributed by atoms with Gasteiger partial charge in [-0.15, -0.1) is 0 Å². The fourth-order valence-electron chi connectivity index (χ4n) is 7.41. The van der Waals surface area contributed by atoms with Crippen molar-refractivity contribution < 1.29 is 92.3 Å². The number of nitrogens with zero attached hydrogens (tertiary/aromatic N) is 2. The minimum Gasteiger partial charge on any atom is -0.394 e. The summed E-state index contributed by atoms with van der Waals surface area (Å²) in [5.74, 6) is -13.7. The maximum Gasteiger partial charge on any atom is 0.253 e. The highest BCUT2D eigenvalue weighted by Gasteiger charge is 2.36. The number of imide groups is 2. The van der Waals surface area contributed by atoms with Crippen LogP contribution in [0.2, 0.25) is 0 Å². The molecule has 468 valence electrons. The average Bonchev–Trinajstić information content (AvgIpc) is 4.08. The highest BCUT2D eigenvalue weighted by atomic mass is 32.2. The Hall–Kier alpha value is -7.21. The van der Waals surface area contributed by atoms with Crippen LogP contribution in [0.15, 0.2) is 24.3 Å². The SMILES string of the molecule is CSCC[C@H](NC(=O)[C@H](CN)NC(=O)[C@H](CO)NC(=O)[C@H](CO)NC(=O)CCNC(=O)CCN1C(=O)C=CC1=O)C(=O)N[C@@H](CSC(C)(C)C)C(=O)N[C@@H](CO)C(=O)N[C@@H](CO)C(=O)N[C@@H](CCCCN)C(=O)C(=O)CCN1C(=O)C=CC1=O. The van der Waals surface area contributed by atoms with Crippen molar-refractivity contribution in [3.05, 3.63) is 24.3 Å². The van der Waals surface area contributed by atoms with E-state index >= 15 is 0 Å². The topological polar surface area (TPSA) is 504 Å². The Morgan fingerprint density at radius 2 is 0.893 bits per heavy atom. The minimum absolute atomic E-state index is 0.0695. The van der Waals surface area contributed by atoms with Crippen molar-refractivity contribution in [1.29, 1.82) is 0 Å². The van der Waals surface area contributed by atoms with Gasteiger partial charge in [-0.05, 0) is 44.2 Å². The van der Waals surface area contributed by atoms with Crippen LogP contribution >= 0.6 is 23.5 Å². The van der Waals surface area contributed by atoms with Gasteiger partial charge in [0.05, 0.1) is 32.5 Å². The van der Waals surface area contributed by atoms with Gasteiger partial charge in [0.2, 0.25) is 64.7 Å². The van der Waals surface area contributed by atoms with E-state index in [0.29, 0.717) is 6.42 Å². The number of thioether (sulfide) groups is 2. The molecule has 0 fully saturated rings. The molecule has 0 saturated heterocycles. The number of aliphatic hydroxyl groups is 4. The molecule has 0 aromatic carbocycles. The first-order valence-corrected chi connectivity index (χ1v) is 28.9. The molecule has 0 radical (unpaired) electrons. The molecule has 0 bridgehead atoms. The van der Waals surface area contributed by atoms with E-state index in [1.807, 2.05) is 0 Å². The van der Waals surface area contributed by atoms with Gasteiger partial charge in [-0.25, -0.2) is 0 Å². The van der Waals surface area contributed by atoms with Gasteiger partial charge in [-0.3, -0.25) is 81.7 Å². The lowest BCUT2D eigenvalue weighted by Crippen LogP contribution is -2.62. The number of carbonyl (C=O) groups is 15. The van der Waals surface area contributed by atoms with Gasteiger partial charge < -0.3 is 79.7 Å². The van der Waals surface area contributed by atoms with Gasteiger partial charge in [-0.2, -0.15) is 23.5 Å². The monoisotopic (exact) mass is 1230 g/mol. The molecule has 8 atom stereocenters. The summed E-state index contributed by atoms with van der Waals surface area (Å²) in [5, 5.41) is 61.1. The summed E-state index contributed by atoms with van der Waals surface area (Å²) < 4.78 is -0.531. The van der Waals surface area contributed by atoms with Crippen LogP contribution in [-0.2, 0) is 71.9 Å². The predicted molar refractivity (Wildman–Crippen MR) is 300 cm³/mol. The molecule has 13 amide bonds. The van der Waals surface area contributed by atoms with E-state index in [1.54, 1.807) is 27.0 Å². The zero-order valence-corrected chi connectivity index (χ0v) is 48.6. The second-order valence-electron chi connectivity index (χ2n) is 19.7. The number of amides is 13. The highest BCUT2D eigenvalue weighted by Crippen LogP contribution is 2.24. The number of hydrogen-bond acceptors (Lipinski definition) is 23. The Morgan fingerprint density at radius 1 is 0.500 bits per heavy atom. The second-order valence-corrected chi connectivity index (χ2v) is 22.5. The Balaban J connectivity index is 2.13. The molecular formula is C50H77N13O19S2. The molecule has 2 heterocycles. The van der Waals surface area contributed by atoms with Crippen molar-refractivity contribution in [2.75, 3.05) is 76.9 Å². The zero-order chi connectivity index (χ0) is 63.3. The minimum atomic E-state index is -1.83. The summed E-state index contributed by atoms with van der Waals surface area (Å²) in [7, 11) is 0. The summed E-state index contributed by atoms with van der Waals surface area (Å²) in [5.41, 5.74) is 11.4. The molecule has 2 aliphatic rings. The van der Waals surface area contributed by atoms with Crippen molar-refractivity contribution >= 4 is 112 Å². The quantitative estimate of drug-likeness (QED) is 0.0154. The van der Waals surface area contributed by atoms with E-state index in [0.717, 1.165) is 34.1 Å². The van der Waals surface area contributed by atoms with E-state index in [2.05, 4.69) is 47.9 Å². The maximum atomic E-state index is 14.0. The molecule has 2 rings (SSSR count). The van der Waals surface area contributed by atoms with Crippen molar-refractivity contribution in [1.82, 2.24) is 57.7 Å². The number of Topliss-reactive ketones (excluding diaryl/α,β-unsaturated/α-hetero) is 2. The lowest BCUT2D eigenvalue weighted by atomic mass is 10.00. The molecular weight excluding hydrogens is 1150 g/mol. The Kier molecular flexibility index (Phi) is 32.3. The first-order valence-electron chi connectivity index (χ1n) is 26.5. The zero-order valence-electron chi connectivity index (χ0n) is 46.9. The van der Waals surface area contributed by atoms with Crippen molar-refractivity contribution in [3.8, 4) is 0 Å². The van der Waals surface area contributed by atoms with Crippen molar-refractivity contribution in [2.45, 2.75) is 119 Å². The van der Waals surface area contributed by atoms with E-state index in [-0.39, 0.29) is 56.8 Å². The van der Waals surface area contributed by atoms with E-state index in [4.69, 9.17) is 11.5 Å².